The molecular weight excluding hydrogens is 292 g/mol. The molecule has 0 aliphatic carbocycles. The first-order valence-corrected chi connectivity index (χ1v) is 8.50. The highest BCUT2D eigenvalue weighted by Crippen LogP contribution is 2.38. The molecule has 2 aliphatic heterocycles. The molecule has 2 aliphatic rings. The molecular formula is C18H26N2O3. The van der Waals surface area contributed by atoms with Crippen molar-refractivity contribution in [1.29, 1.82) is 0 Å². The second-order valence-electron chi connectivity index (χ2n) is 6.80. The van der Waals surface area contributed by atoms with Gasteiger partial charge in [0.15, 0.2) is 0 Å². The van der Waals surface area contributed by atoms with Crippen LogP contribution in [0.3, 0.4) is 0 Å². The van der Waals surface area contributed by atoms with Crippen LogP contribution < -0.4 is 0 Å². The van der Waals surface area contributed by atoms with E-state index < -0.39 is 0 Å². The number of nitrogens with zero attached hydrogens (tertiary/aromatic N) is 2. The number of carbonyl (C=O) groups excluding carboxylic acids is 1. The second kappa shape index (κ2) is 7.41. The number of methoxy groups -OCH3 is 1. The van der Waals surface area contributed by atoms with E-state index in [1.165, 1.54) is 0 Å². The third kappa shape index (κ3) is 4.09. The normalized spacial score (nSPS) is 27.5. The Bertz CT molecular complexity index is 522. The van der Waals surface area contributed by atoms with Crippen LogP contribution >= 0.6 is 0 Å². The maximum atomic E-state index is 12.6. The SMILES string of the molecule is COCCC1COC2(CCCN(C(=O)Cc3ccncc3)C2)C1. The van der Waals surface area contributed by atoms with Gasteiger partial charge in [-0.15, -0.1) is 0 Å². The number of piperidine rings is 1. The molecule has 2 atom stereocenters. The summed E-state index contributed by atoms with van der Waals surface area (Å²) in [7, 11) is 1.74. The van der Waals surface area contributed by atoms with Gasteiger partial charge in [-0.1, -0.05) is 0 Å². The number of amides is 1. The van der Waals surface area contributed by atoms with Gasteiger partial charge in [0.2, 0.25) is 5.91 Å². The predicted octanol–water partition coefficient (Wildman–Crippen LogP) is 2.06. The summed E-state index contributed by atoms with van der Waals surface area (Å²) in [5.41, 5.74) is 0.903. The fourth-order valence-electron chi connectivity index (χ4n) is 3.79. The average Bonchev–Trinajstić information content (AvgIpc) is 2.96. The summed E-state index contributed by atoms with van der Waals surface area (Å²) in [5.74, 6) is 0.754. The van der Waals surface area contributed by atoms with Gasteiger partial charge in [0.05, 0.1) is 18.6 Å². The fourth-order valence-corrected chi connectivity index (χ4v) is 3.79. The summed E-state index contributed by atoms with van der Waals surface area (Å²) in [5, 5.41) is 0. The Labute approximate surface area is 138 Å². The third-order valence-corrected chi connectivity index (χ3v) is 5.01. The molecule has 1 amide bonds. The highest BCUT2D eigenvalue weighted by molar-refractivity contribution is 5.79. The minimum absolute atomic E-state index is 0.120. The van der Waals surface area contributed by atoms with Gasteiger partial charge in [-0.05, 0) is 49.3 Å². The topological polar surface area (TPSA) is 51.7 Å². The molecule has 1 spiro atoms. The fraction of sp³-hybridized carbons (Fsp3) is 0.667. The predicted molar refractivity (Wildman–Crippen MR) is 87.0 cm³/mol. The number of pyridine rings is 1. The Kier molecular flexibility index (Phi) is 5.28. The van der Waals surface area contributed by atoms with E-state index in [1.54, 1.807) is 19.5 Å². The molecule has 1 aromatic heterocycles. The molecule has 5 heteroatoms. The van der Waals surface area contributed by atoms with E-state index >= 15 is 0 Å². The summed E-state index contributed by atoms with van der Waals surface area (Å²) < 4.78 is 11.3. The van der Waals surface area contributed by atoms with Crippen LogP contribution in [0.15, 0.2) is 24.5 Å². The van der Waals surface area contributed by atoms with Crippen molar-refractivity contribution >= 4 is 5.91 Å². The lowest BCUT2D eigenvalue weighted by atomic mass is 9.85. The first-order chi connectivity index (χ1) is 11.2. The average molecular weight is 318 g/mol. The molecule has 2 saturated heterocycles. The minimum Gasteiger partial charge on any atom is -0.385 e. The third-order valence-electron chi connectivity index (χ3n) is 5.01. The van der Waals surface area contributed by atoms with Crippen molar-refractivity contribution in [3.63, 3.8) is 0 Å². The molecule has 0 N–H and O–H groups in total. The van der Waals surface area contributed by atoms with Gasteiger partial charge in [-0.2, -0.15) is 0 Å². The van der Waals surface area contributed by atoms with Crippen LogP contribution in [0.25, 0.3) is 0 Å². The van der Waals surface area contributed by atoms with Crippen molar-refractivity contribution in [2.75, 3.05) is 33.4 Å². The first kappa shape index (κ1) is 16.4. The number of rotatable bonds is 5. The van der Waals surface area contributed by atoms with Crippen molar-refractivity contribution in [3.8, 4) is 0 Å². The molecule has 3 heterocycles. The molecule has 126 valence electrons. The summed E-state index contributed by atoms with van der Waals surface area (Å²) in [6.45, 7) is 3.17. The van der Waals surface area contributed by atoms with E-state index in [-0.39, 0.29) is 11.5 Å². The van der Waals surface area contributed by atoms with Gasteiger partial charge in [0.1, 0.15) is 0 Å². The number of hydrogen-bond donors (Lipinski definition) is 0. The van der Waals surface area contributed by atoms with E-state index in [9.17, 15) is 4.79 Å². The van der Waals surface area contributed by atoms with Crippen molar-refractivity contribution in [3.05, 3.63) is 30.1 Å². The second-order valence-corrected chi connectivity index (χ2v) is 6.80. The quantitative estimate of drug-likeness (QED) is 0.834. The Morgan fingerprint density at radius 2 is 2.30 bits per heavy atom. The zero-order chi connectivity index (χ0) is 16.1. The molecule has 2 unspecified atom stereocenters. The first-order valence-electron chi connectivity index (χ1n) is 8.50. The maximum absolute atomic E-state index is 12.6. The van der Waals surface area contributed by atoms with Crippen LogP contribution in [0.5, 0.6) is 0 Å². The maximum Gasteiger partial charge on any atom is 0.227 e. The lowest BCUT2D eigenvalue weighted by Gasteiger charge is -2.40. The molecule has 1 aromatic rings. The van der Waals surface area contributed by atoms with E-state index in [4.69, 9.17) is 9.47 Å². The largest absolute Gasteiger partial charge is 0.385 e. The van der Waals surface area contributed by atoms with Crippen LogP contribution in [0.2, 0.25) is 0 Å². The summed E-state index contributed by atoms with van der Waals surface area (Å²) in [4.78, 5) is 18.6. The number of ether oxygens (including phenoxy) is 2. The van der Waals surface area contributed by atoms with E-state index in [0.717, 1.165) is 57.6 Å². The number of aromatic nitrogens is 1. The number of hydrogen-bond acceptors (Lipinski definition) is 4. The van der Waals surface area contributed by atoms with Crippen molar-refractivity contribution in [2.24, 2.45) is 5.92 Å². The van der Waals surface area contributed by atoms with E-state index in [0.29, 0.717) is 12.3 Å². The van der Waals surface area contributed by atoms with Crippen molar-refractivity contribution in [1.82, 2.24) is 9.88 Å². The highest BCUT2D eigenvalue weighted by Gasteiger charge is 2.44. The van der Waals surface area contributed by atoms with E-state index in [2.05, 4.69) is 4.98 Å². The smallest absolute Gasteiger partial charge is 0.227 e. The van der Waals surface area contributed by atoms with Crippen LogP contribution in [-0.4, -0.2) is 54.8 Å². The monoisotopic (exact) mass is 318 g/mol. The molecule has 5 nitrogen and oxygen atoms in total. The molecule has 0 bridgehead atoms. The zero-order valence-corrected chi connectivity index (χ0v) is 13.9. The molecule has 0 saturated carbocycles. The molecule has 2 fully saturated rings. The van der Waals surface area contributed by atoms with Crippen LogP contribution in [0.4, 0.5) is 0 Å². The van der Waals surface area contributed by atoms with Crippen molar-refractivity contribution < 1.29 is 14.3 Å². The molecule has 3 rings (SSSR count). The lowest BCUT2D eigenvalue weighted by Crippen LogP contribution is -2.50. The van der Waals surface area contributed by atoms with Gasteiger partial charge in [0.25, 0.3) is 0 Å². The Morgan fingerprint density at radius 3 is 3.09 bits per heavy atom. The van der Waals surface area contributed by atoms with E-state index in [1.807, 2.05) is 17.0 Å². The Hall–Kier alpha value is -1.46. The van der Waals surface area contributed by atoms with Crippen LogP contribution in [0, 0.1) is 5.92 Å². The summed E-state index contributed by atoms with van der Waals surface area (Å²) in [6, 6.07) is 3.81. The van der Waals surface area contributed by atoms with Crippen LogP contribution in [-0.2, 0) is 20.7 Å². The van der Waals surface area contributed by atoms with Crippen molar-refractivity contribution in [2.45, 2.75) is 37.7 Å². The van der Waals surface area contributed by atoms with Gasteiger partial charge in [0, 0.05) is 39.2 Å². The van der Waals surface area contributed by atoms with Gasteiger partial charge < -0.3 is 14.4 Å². The Morgan fingerprint density at radius 1 is 1.48 bits per heavy atom. The van der Waals surface area contributed by atoms with Gasteiger partial charge in [-0.3, -0.25) is 9.78 Å². The highest BCUT2D eigenvalue weighted by atomic mass is 16.5. The summed E-state index contributed by atoms with van der Waals surface area (Å²) in [6.07, 6.45) is 8.11. The molecule has 0 aromatic carbocycles. The Balaban J connectivity index is 1.57. The zero-order valence-electron chi connectivity index (χ0n) is 13.9. The van der Waals surface area contributed by atoms with Gasteiger partial charge in [-0.25, -0.2) is 0 Å². The summed E-state index contributed by atoms with van der Waals surface area (Å²) >= 11 is 0. The van der Waals surface area contributed by atoms with Gasteiger partial charge >= 0.3 is 0 Å². The van der Waals surface area contributed by atoms with Crippen LogP contribution in [0.1, 0.15) is 31.2 Å². The minimum atomic E-state index is -0.120. The molecule has 0 radical (unpaired) electrons. The molecule has 23 heavy (non-hydrogen) atoms. The number of likely N-dealkylation sites (tertiary alicyclic amines) is 1. The lowest BCUT2D eigenvalue weighted by molar-refractivity contribution is -0.138. The standard InChI is InChI=1S/C18H26N2O3/c1-22-10-5-16-12-18(23-13-16)6-2-9-20(14-18)17(21)11-15-3-7-19-8-4-15/h3-4,7-8,16H,2,5-6,9-14H2,1H3. The number of carbonyl (C=O) groups is 1.